The van der Waals surface area contributed by atoms with Gasteiger partial charge >= 0.3 is 0 Å². The first-order chi connectivity index (χ1) is 6.05. The topological polar surface area (TPSA) is 64.1 Å². The summed E-state index contributed by atoms with van der Waals surface area (Å²) in [4.78, 5) is 3.95. The molecule has 0 fully saturated rings. The molecule has 0 saturated heterocycles. The molecule has 1 aromatic rings. The third-order valence-electron chi connectivity index (χ3n) is 2.21. The van der Waals surface area contributed by atoms with Gasteiger partial charge in [0, 0.05) is 25.0 Å². The van der Waals surface area contributed by atoms with Crippen molar-refractivity contribution in [3.63, 3.8) is 0 Å². The van der Waals surface area contributed by atoms with Gasteiger partial charge in [0.25, 0.3) is 0 Å². The maximum absolute atomic E-state index is 9.73. The van der Waals surface area contributed by atoms with E-state index in [-0.39, 0.29) is 12.6 Å². The number of hydrogen-bond donors (Lipinski definition) is 2. The highest BCUT2D eigenvalue weighted by atomic mass is 16.3. The summed E-state index contributed by atoms with van der Waals surface area (Å²) < 4.78 is 1.96. The quantitative estimate of drug-likeness (QED) is 0.716. The largest absolute Gasteiger partial charge is 0.389 e. The molecule has 0 aromatic carbocycles. The maximum Gasteiger partial charge on any atom is 0.0948 e. The molecule has 1 rings (SSSR count). The Morgan fingerprint density at radius 3 is 2.85 bits per heavy atom. The second-order valence-electron chi connectivity index (χ2n) is 3.76. The minimum absolute atomic E-state index is 0.223. The lowest BCUT2D eigenvalue weighted by atomic mass is 9.98. The first-order valence-corrected chi connectivity index (χ1v) is 4.45. The molecule has 0 saturated carbocycles. The van der Waals surface area contributed by atoms with Crippen molar-refractivity contribution in [3.8, 4) is 0 Å². The number of nitrogens with zero attached hydrogens (tertiary/aromatic N) is 2. The van der Waals surface area contributed by atoms with Crippen LogP contribution >= 0.6 is 0 Å². The molecular formula is C9H17N3O. The Labute approximate surface area is 78.4 Å². The maximum atomic E-state index is 9.73. The molecule has 0 amide bonds. The zero-order chi connectivity index (χ0) is 9.90. The average molecular weight is 183 g/mol. The van der Waals surface area contributed by atoms with Crippen LogP contribution in [-0.2, 0) is 0 Å². The molecule has 1 heterocycles. The number of nitrogens with two attached hydrogens (primary N) is 1. The number of aromatic nitrogens is 2. The molecule has 4 heteroatoms. The molecule has 0 spiro atoms. The average Bonchev–Trinajstić information content (AvgIpc) is 2.55. The second kappa shape index (κ2) is 3.89. The molecule has 0 aliphatic carbocycles. The summed E-state index contributed by atoms with van der Waals surface area (Å²) in [5.74, 6) is 0. The Balaban J connectivity index is 2.56. The monoisotopic (exact) mass is 183 g/mol. The predicted molar refractivity (Wildman–Crippen MR) is 51.2 cm³/mol. The highest BCUT2D eigenvalue weighted by molar-refractivity contribution is 4.84. The fourth-order valence-electron chi connectivity index (χ4n) is 1.36. The minimum Gasteiger partial charge on any atom is -0.389 e. The smallest absolute Gasteiger partial charge is 0.0948 e. The SMILES string of the molecule is CC(CC(C)(O)CN)n1ccnc1. The van der Waals surface area contributed by atoms with Gasteiger partial charge in [0.1, 0.15) is 0 Å². The van der Waals surface area contributed by atoms with E-state index < -0.39 is 5.60 Å². The third kappa shape index (κ3) is 2.82. The zero-order valence-corrected chi connectivity index (χ0v) is 8.14. The normalized spacial score (nSPS) is 18.2. The molecule has 3 N–H and O–H groups in total. The Bertz CT molecular complexity index is 243. The fourth-order valence-corrected chi connectivity index (χ4v) is 1.36. The van der Waals surface area contributed by atoms with Gasteiger partial charge in [0.2, 0.25) is 0 Å². The van der Waals surface area contributed by atoms with Crippen LogP contribution in [0.25, 0.3) is 0 Å². The number of rotatable bonds is 4. The van der Waals surface area contributed by atoms with E-state index in [1.54, 1.807) is 19.4 Å². The van der Waals surface area contributed by atoms with Gasteiger partial charge in [-0.3, -0.25) is 0 Å². The summed E-state index contributed by atoms with van der Waals surface area (Å²) in [6.07, 6.45) is 6.00. The molecule has 2 atom stereocenters. The highest BCUT2D eigenvalue weighted by Gasteiger charge is 2.21. The molecule has 0 radical (unpaired) electrons. The van der Waals surface area contributed by atoms with E-state index in [2.05, 4.69) is 4.98 Å². The molecule has 0 aliphatic heterocycles. The first-order valence-electron chi connectivity index (χ1n) is 4.45. The van der Waals surface area contributed by atoms with Crippen LogP contribution in [0.5, 0.6) is 0 Å². The van der Waals surface area contributed by atoms with Gasteiger partial charge in [-0.2, -0.15) is 0 Å². The molecule has 2 unspecified atom stereocenters. The molecule has 1 aromatic heterocycles. The van der Waals surface area contributed by atoms with Crippen LogP contribution in [0.3, 0.4) is 0 Å². The van der Waals surface area contributed by atoms with Gasteiger partial charge in [-0.25, -0.2) is 4.98 Å². The lowest BCUT2D eigenvalue weighted by Gasteiger charge is -2.25. The second-order valence-corrected chi connectivity index (χ2v) is 3.76. The van der Waals surface area contributed by atoms with Gasteiger partial charge in [-0.1, -0.05) is 0 Å². The van der Waals surface area contributed by atoms with Gasteiger partial charge in [0.05, 0.1) is 11.9 Å². The summed E-state index contributed by atoms with van der Waals surface area (Å²) in [7, 11) is 0. The van der Waals surface area contributed by atoms with Gasteiger partial charge in [-0.15, -0.1) is 0 Å². The van der Waals surface area contributed by atoms with Crippen molar-refractivity contribution in [2.24, 2.45) is 5.73 Å². The van der Waals surface area contributed by atoms with Crippen LogP contribution in [0, 0.1) is 0 Å². The summed E-state index contributed by atoms with van der Waals surface area (Å²) in [5.41, 5.74) is 4.65. The Kier molecular flexibility index (Phi) is 3.06. The summed E-state index contributed by atoms with van der Waals surface area (Å²) >= 11 is 0. The van der Waals surface area contributed by atoms with E-state index in [1.165, 1.54) is 0 Å². The lowest BCUT2D eigenvalue weighted by molar-refractivity contribution is 0.0465. The van der Waals surface area contributed by atoms with Crippen LogP contribution in [0.4, 0.5) is 0 Å². The first kappa shape index (κ1) is 10.2. The van der Waals surface area contributed by atoms with Crippen molar-refractivity contribution in [1.82, 2.24) is 9.55 Å². The van der Waals surface area contributed by atoms with Crippen molar-refractivity contribution < 1.29 is 5.11 Å². The van der Waals surface area contributed by atoms with Crippen LogP contribution in [0.1, 0.15) is 26.3 Å². The third-order valence-corrected chi connectivity index (χ3v) is 2.21. The molecule has 13 heavy (non-hydrogen) atoms. The minimum atomic E-state index is -0.788. The van der Waals surface area contributed by atoms with E-state index in [0.717, 1.165) is 0 Å². The van der Waals surface area contributed by atoms with Crippen molar-refractivity contribution in [2.45, 2.75) is 31.9 Å². The van der Waals surface area contributed by atoms with Crippen molar-refractivity contribution in [3.05, 3.63) is 18.7 Å². The zero-order valence-electron chi connectivity index (χ0n) is 8.14. The van der Waals surface area contributed by atoms with Gasteiger partial charge in [-0.05, 0) is 20.3 Å². The number of hydrogen-bond acceptors (Lipinski definition) is 3. The summed E-state index contributed by atoms with van der Waals surface area (Å²) in [5, 5.41) is 9.73. The molecule has 0 aliphatic rings. The Morgan fingerprint density at radius 1 is 1.69 bits per heavy atom. The lowest BCUT2D eigenvalue weighted by Crippen LogP contribution is -2.36. The van der Waals surface area contributed by atoms with E-state index in [1.807, 2.05) is 17.7 Å². The molecule has 4 nitrogen and oxygen atoms in total. The van der Waals surface area contributed by atoms with Crippen LogP contribution < -0.4 is 5.73 Å². The standard InChI is InChI=1S/C9H17N3O/c1-8(5-9(2,13)6-10)12-4-3-11-7-12/h3-4,7-8,13H,5-6,10H2,1-2H3. The van der Waals surface area contributed by atoms with E-state index in [0.29, 0.717) is 6.42 Å². The Morgan fingerprint density at radius 2 is 2.38 bits per heavy atom. The van der Waals surface area contributed by atoms with Crippen LogP contribution in [0.2, 0.25) is 0 Å². The van der Waals surface area contributed by atoms with Crippen LogP contribution in [-0.4, -0.2) is 26.8 Å². The highest BCUT2D eigenvalue weighted by Crippen LogP contribution is 2.19. The van der Waals surface area contributed by atoms with Crippen molar-refractivity contribution >= 4 is 0 Å². The fraction of sp³-hybridized carbons (Fsp3) is 0.667. The number of aliphatic hydroxyl groups is 1. The number of imidazole rings is 1. The van der Waals surface area contributed by atoms with E-state index >= 15 is 0 Å². The predicted octanol–water partition coefficient (Wildman–Crippen LogP) is 0.544. The van der Waals surface area contributed by atoms with Gasteiger partial charge < -0.3 is 15.4 Å². The molecule has 74 valence electrons. The van der Waals surface area contributed by atoms with Gasteiger partial charge in [0.15, 0.2) is 0 Å². The summed E-state index contributed by atoms with van der Waals surface area (Å²) in [6, 6.07) is 0.223. The van der Waals surface area contributed by atoms with Crippen molar-refractivity contribution in [1.29, 1.82) is 0 Å². The van der Waals surface area contributed by atoms with E-state index in [9.17, 15) is 5.11 Å². The van der Waals surface area contributed by atoms with E-state index in [4.69, 9.17) is 5.73 Å². The summed E-state index contributed by atoms with van der Waals surface area (Å²) in [6.45, 7) is 4.07. The van der Waals surface area contributed by atoms with Crippen molar-refractivity contribution in [2.75, 3.05) is 6.54 Å². The van der Waals surface area contributed by atoms with Crippen LogP contribution in [0.15, 0.2) is 18.7 Å². The molecule has 0 bridgehead atoms. The molecular weight excluding hydrogens is 166 g/mol. The Hall–Kier alpha value is -0.870.